The number of nitrogens with zero attached hydrogens (tertiary/aromatic N) is 2. The summed E-state index contributed by atoms with van der Waals surface area (Å²) in [5.41, 5.74) is 8.27. The molecule has 2 N–H and O–H groups in total. The lowest BCUT2D eigenvalue weighted by molar-refractivity contribution is 0.410. The molecule has 0 amide bonds. The molecule has 21 heavy (non-hydrogen) atoms. The minimum atomic E-state index is -0.623. The summed E-state index contributed by atoms with van der Waals surface area (Å²) in [5, 5.41) is 5.38. The van der Waals surface area contributed by atoms with Crippen LogP contribution in [0.1, 0.15) is 17.3 Å². The van der Waals surface area contributed by atoms with E-state index in [0.29, 0.717) is 17.0 Å². The maximum absolute atomic E-state index is 14.2. The fourth-order valence-electron chi connectivity index (χ4n) is 2.51. The molecule has 0 aliphatic rings. The van der Waals surface area contributed by atoms with Gasteiger partial charge < -0.3 is 10.5 Å². The van der Waals surface area contributed by atoms with E-state index in [9.17, 15) is 4.39 Å². The van der Waals surface area contributed by atoms with E-state index < -0.39 is 11.9 Å². The van der Waals surface area contributed by atoms with Crippen LogP contribution in [0.5, 0.6) is 5.75 Å². The monoisotopic (exact) mass is 285 g/mol. The Hall–Kier alpha value is -2.40. The first-order chi connectivity index (χ1) is 10.1. The van der Waals surface area contributed by atoms with Gasteiger partial charge in [-0.05, 0) is 12.1 Å². The van der Waals surface area contributed by atoms with Gasteiger partial charge in [0.25, 0.3) is 0 Å². The number of para-hydroxylation sites is 1. The van der Waals surface area contributed by atoms with Crippen LogP contribution in [0, 0.1) is 5.82 Å². The zero-order valence-corrected chi connectivity index (χ0v) is 11.9. The van der Waals surface area contributed by atoms with E-state index in [1.807, 2.05) is 31.3 Å². The van der Waals surface area contributed by atoms with Crippen LogP contribution in [0.4, 0.5) is 4.39 Å². The van der Waals surface area contributed by atoms with Crippen LogP contribution in [-0.4, -0.2) is 16.9 Å². The van der Waals surface area contributed by atoms with Crippen molar-refractivity contribution in [3.8, 4) is 5.75 Å². The van der Waals surface area contributed by atoms with Crippen molar-refractivity contribution in [2.75, 3.05) is 7.11 Å². The Morgan fingerprint density at radius 1 is 1.24 bits per heavy atom. The molecule has 3 aromatic rings. The third kappa shape index (κ3) is 2.25. The van der Waals surface area contributed by atoms with Crippen LogP contribution in [0.25, 0.3) is 10.9 Å². The fraction of sp³-hybridized carbons (Fsp3) is 0.188. The quantitative estimate of drug-likeness (QED) is 0.805. The highest BCUT2D eigenvalue weighted by Gasteiger charge is 2.20. The molecule has 1 atom stereocenters. The summed E-state index contributed by atoms with van der Waals surface area (Å²) in [6.45, 7) is 0. The molecule has 0 saturated carbocycles. The lowest BCUT2D eigenvalue weighted by Crippen LogP contribution is -2.15. The second-order valence-electron chi connectivity index (χ2n) is 4.89. The second kappa shape index (κ2) is 5.18. The predicted molar refractivity (Wildman–Crippen MR) is 79.7 cm³/mol. The number of nitrogens with two attached hydrogens (primary N) is 1. The number of halogens is 1. The van der Waals surface area contributed by atoms with Crippen LogP contribution in [0.15, 0.2) is 42.5 Å². The molecular weight excluding hydrogens is 269 g/mol. The van der Waals surface area contributed by atoms with Gasteiger partial charge in [-0.3, -0.25) is 4.68 Å². The molecule has 0 fully saturated rings. The first kappa shape index (κ1) is 13.6. The Balaban J connectivity index is 2.10. The van der Waals surface area contributed by atoms with Crippen LogP contribution < -0.4 is 10.5 Å². The number of aromatic nitrogens is 2. The first-order valence-electron chi connectivity index (χ1n) is 6.62. The molecule has 0 spiro atoms. The summed E-state index contributed by atoms with van der Waals surface area (Å²) < 4.78 is 21.0. The summed E-state index contributed by atoms with van der Waals surface area (Å²) in [4.78, 5) is 0. The number of aryl methyl sites for hydroxylation is 1. The lowest BCUT2D eigenvalue weighted by atomic mass is 10.0. The molecule has 3 rings (SSSR count). The van der Waals surface area contributed by atoms with E-state index in [2.05, 4.69) is 5.10 Å². The van der Waals surface area contributed by atoms with Crippen molar-refractivity contribution in [1.29, 1.82) is 0 Å². The van der Waals surface area contributed by atoms with E-state index in [4.69, 9.17) is 10.5 Å². The zero-order valence-electron chi connectivity index (χ0n) is 11.9. The molecular formula is C16H16FN3O. The molecule has 1 heterocycles. The number of rotatable bonds is 3. The minimum Gasteiger partial charge on any atom is -0.497 e. The third-order valence-corrected chi connectivity index (χ3v) is 3.62. The average Bonchev–Trinajstić information content (AvgIpc) is 2.84. The smallest absolute Gasteiger partial charge is 0.132 e. The van der Waals surface area contributed by atoms with Crippen molar-refractivity contribution >= 4 is 10.9 Å². The standard InChI is InChI=1S/C16H16FN3O/c1-20-14-6-4-3-5-12(14)16(19-20)15(18)11-8-7-10(21-2)9-13(11)17/h3-9,15H,18H2,1-2H3. The molecule has 1 aromatic heterocycles. The molecule has 1 unspecified atom stereocenters. The highest BCUT2D eigenvalue weighted by atomic mass is 19.1. The Bertz CT molecular complexity index is 797. The number of hydrogen-bond acceptors (Lipinski definition) is 3. The van der Waals surface area contributed by atoms with Crippen molar-refractivity contribution in [2.24, 2.45) is 12.8 Å². The molecule has 2 aromatic carbocycles. The first-order valence-corrected chi connectivity index (χ1v) is 6.62. The van der Waals surface area contributed by atoms with Gasteiger partial charge in [0.15, 0.2) is 0 Å². The summed E-state index contributed by atoms with van der Waals surface area (Å²) in [7, 11) is 3.35. The molecule has 5 heteroatoms. The van der Waals surface area contributed by atoms with Crippen LogP contribution in [0.2, 0.25) is 0 Å². The lowest BCUT2D eigenvalue weighted by Gasteiger charge is -2.12. The van der Waals surface area contributed by atoms with Crippen LogP contribution in [-0.2, 0) is 7.05 Å². The highest BCUT2D eigenvalue weighted by molar-refractivity contribution is 5.82. The SMILES string of the molecule is COc1ccc(C(N)c2nn(C)c3ccccc23)c(F)c1. The maximum Gasteiger partial charge on any atom is 0.132 e. The number of methoxy groups -OCH3 is 1. The van der Waals surface area contributed by atoms with E-state index in [1.54, 1.807) is 16.8 Å². The molecule has 0 bridgehead atoms. The minimum absolute atomic E-state index is 0.392. The van der Waals surface area contributed by atoms with Crippen molar-refractivity contribution < 1.29 is 9.13 Å². The Morgan fingerprint density at radius 3 is 2.71 bits per heavy atom. The molecule has 0 saturated heterocycles. The largest absolute Gasteiger partial charge is 0.497 e. The topological polar surface area (TPSA) is 53.1 Å². The normalized spacial score (nSPS) is 12.6. The van der Waals surface area contributed by atoms with Gasteiger partial charge in [0.05, 0.1) is 24.4 Å². The zero-order chi connectivity index (χ0) is 15.0. The Labute approximate surface area is 121 Å². The molecule has 4 nitrogen and oxygen atoms in total. The van der Waals surface area contributed by atoms with E-state index >= 15 is 0 Å². The van der Waals surface area contributed by atoms with Gasteiger partial charge in [-0.1, -0.05) is 24.3 Å². The molecule has 0 aliphatic heterocycles. The van der Waals surface area contributed by atoms with Gasteiger partial charge in [-0.15, -0.1) is 0 Å². The van der Waals surface area contributed by atoms with Crippen LogP contribution >= 0.6 is 0 Å². The van der Waals surface area contributed by atoms with Gasteiger partial charge in [0.2, 0.25) is 0 Å². The molecule has 0 radical (unpaired) electrons. The summed E-state index contributed by atoms with van der Waals surface area (Å²) in [5.74, 6) is 0.0749. The Kier molecular flexibility index (Phi) is 3.35. The van der Waals surface area contributed by atoms with Crippen molar-refractivity contribution in [3.05, 3.63) is 59.5 Å². The van der Waals surface area contributed by atoms with Gasteiger partial charge in [-0.2, -0.15) is 5.10 Å². The van der Waals surface area contributed by atoms with Crippen molar-refractivity contribution in [3.63, 3.8) is 0 Å². The van der Waals surface area contributed by atoms with E-state index in [1.165, 1.54) is 13.2 Å². The summed E-state index contributed by atoms with van der Waals surface area (Å²) >= 11 is 0. The van der Waals surface area contributed by atoms with Gasteiger partial charge in [0, 0.05) is 24.1 Å². The third-order valence-electron chi connectivity index (χ3n) is 3.62. The average molecular weight is 285 g/mol. The highest BCUT2D eigenvalue weighted by Crippen LogP contribution is 2.29. The second-order valence-corrected chi connectivity index (χ2v) is 4.89. The number of fused-ring (bicyclic) bond motifs is 1. The van der Waals surface area contributed by atoms with Crippen LogP contribution in [0.3, 0.4) is 0 Å². The van der Waals surface area contributed by atoms with Gasteiger partial charge in [0.1, 0.15) is 11.6 Å². The number of hydrogen-bond donors (Lipinski definition) is 1. The predicted octanol–water partition coefficient (Wildman–Crippen LogP) is 2.77. The number of ether oxygens (including phenoxy) is 1. The number of benzene rings is 2. The maximum atomic E-state index is 14.2. The summed E-state index contributed by atoms with van der Waals surface area (Å²) in [6.07, 6.45) is 0. The van der Waals surface area contributed by atoms with Crippen molar-refractivity contribution in [1.82, 2.24) is 9.78 Å². The van der Waals surface area contributed by atoms with Gasteiger partial charge in [-0.25, -0.2) is 4.39 Å². The fourth-order valence-corrected chi connectivity index (χ4v) is 2.51. The molecule has 108 valence electrons. The van der Waals surface area contributed by atoms with Gasteiger partial charge >= 0.3 is 0 Å². The Morgan fingerprint density at radius 2 is 2.00 bits per heavy atom. The molecule has 0 aliphatic carbocycles. The van der Waals surface area contributed by atoms with E-state index in [-0.39, 0.29) is 0 Å². The van der Waals surface area contributed by atoms with E-state index in [0.717, 1.165) is 10.9 Å². The summed E-state index contributed by atoms with van der Waals surface area (Å²) in [6, 6.07) is 11.8. The van der Waals surface area contributed by atoms with Crippen molar-refractivity contribution in [2.45, 2.75) is 6.04 Å².